The van der Waals surface area contributed by atoms with Crippen LogP contribution in [0.4, 0.5) is 11.6 Å². The molecule has 0 radical (unpaired) electrons. The van der Waals surface area contributed by atoms with Crippen molar-refractivity contribution in [2.45, 2.75) is 0 Å². The molecule has 0 aliphatic heterocycles. The molecular formula is C8H6Br2N4S. The number of aromatic nitrogens is 2. The van der Waals surface area contributed by atoms with Crippen molar-refractivity contribution in [2.75, 3.05) is 11.5 Å². The fourth-order valence-corrected chi connectivity index (χ4v) is 3.11. The Morgan fingerprint density at radius 3 is 2.53 bits per heavy atom. The Bertz CT molecular complexity index is 492. The lowest BCUT2D eigenvalue weighted by molar-refractivity contribution is 1.23. The summed E-state index contributed by atoms with van der Waals surface area (Å²) < 4.78 is 1.97. The third kappa shape index (κ3) is 2.14. The van der Waals surface area contributed by atoms with Gasteiger partial charge in [-0.3, -0.25) is 0 Å². The highest BCUT2D eigenvalue weighted by atomic mass is 79.9. The molecule has 2 aromatic heterocycles. The molecule has 0 bridgehead atoms. The van der Waals surface area contributed by atoms with Crippen molar-refractivity contribution in [1.29, 1.82) is 0 Å². The van der Waals surface area contributed by atoms with E-state index in [4.69, 9.17) is 11.5 Å². The van der Waals surface area contributed by atoms with Gasteiger partial charge in [0.1, 0.15) is 11.5 Å². The molecule has 2 aromatic rings. The van der Waals surface area contributed by atoms with Crippen LogP contribution in [0.3, 0.4) is 0 Å². The van der Waals surface area contributed by atoms with E-state index in [1.54, 1.807) is 0 Å². The first-order valence-electron chi connectivity index (χ1n) is 3.91. The van der Waals surface area contributed by atoms with Gasteiger partial charge in [0.25, 0.3) is 0 Å². The molecule has 0 aromatic carbocycles. The number of nitrogens with two attached hydrogens (primary N) is 2. The number of hydrogen-bond acceptors (Lipinski definition) is 5. The van der Waals surface area contributed by atoms with Crippen LogP contribution in [0.2, 0.25) is 0 Å². The highest BCUT2D eigenvalue weighted by molar-refractivity contribution is 9.13. The second-order valence-corrected chi connectivity index (χ2v) is 5.99. The summed E-state index contributed by atoms with van der Waals surface area (Å²) in [6, 6.07) is 1.94. The van der Waals surface area contributed by atoms with E-state index in [1.807, 2.05) is 6.07 Å². The van der Waals surface area contributed by atoms with Crippen molar-refractivity contribution >= 4 is 54.8 Å². The van der Waals surface area contributed by atoms with Gasteiger partial charge in [-0.15, -0.1) is 11.3 Å². The van der Waals surface area contributed by atoms with Gasteiger partial charge >= 0.3 is 0 Å². The minimum Gasteiger partial charge on any atom is -0.382 e. The van der Waals surface area contributed by atoms with Crippen LogP contribution in [-0.2, 0) is 0 Å². The molecule has 0 unspecified atom stereocenters. The number of nitrogen functional groups attached to an aromatic ring is 2. The molecule has 0 fully saturated rings. The van der Waals surface area contributed by atoms with Crippen molar-refractivity contribution in [1.82, 2.24) is 9.97 Å². The molecular weight excluding hydrogens is 344 g/mol. The van der Waals surface area contributed by atoms with Crippen molar-refractivity contribution < 1.29 is 0 Å². The lowest BCUT2D eigenvalue weighted by Gasteiger charge is -2.00. The van der Waals surface area contributed by atoms with Crippen molar-refractivity contribution in [3.05, 3.63) is 20.5 Å². The topological polar surface area (TPSA) is 77.8 Å². The Morgan fingerprint density at radius 1 is 1.27 bits per heavy atom. The second-order valence-electron chi connectivity index (χ2n) is 2.76. The zero-order chi connectivity index (χ0) is 11.0. The first-order chi connectivity index (χ1) is 7.08. The molecule has 4 nitrogen and oxygen atoms in total. The molecule has 0 spiro atoms. The summed E-state index contributed by atoms with van der Waals surface area (Å²) >= 11 is 8.35. The SMILES string of the molecule is Nc1cnc(-c2cc(Br)c(Br)s2)c(N)n1. The minimum atomic E-state index is 0.325. The van der Waals surface area contributed by atoms with Crippen LogP contribution >= 0.6 is 43.2 Å². The molecule has 4 N–H and O–H groups in total. The van der Waals surface area contributed by atoms with Gasteiger partial charge in [0.2, 0.25) is 0 Å². The van der Waals surface area contributed by atoms with Crippen LogP contribution in [0.15, 0.2) is 20.5 Å². The van der Waals surface area contributed by atoms with Crippen LogP contribution in [0, 0.1) is 0 Å². The highest BCUT2D eigenvalue weighted by Gasteiger charge is 2.11. The summed E-state index contributed by atoms with van der Waals surface area (Å²) in [5.74, 6) is 0.669. The number of halogens is 2. The van der Waals surface area contributed by atoms with Gasteiger partial charge in [-0.1, -0.05) is 0 Å². The van der Waals surface area contributed by atoms with E-state index in [0.29, 0.717) is 17.3 Å². The molecule has 2 heterocycles. The van der Waals surface area contributed by atoms with E-state index in [2.05, 4.69) is 41.8 Å². The number of rotatable bonds is 1. The maximum Gasteiger partial charge on any atom is 0.153 e. The average Bonchev–Trinajstić information content (AvgIpc) is 2.46. The summed E-state index contributed by atoms with van der Waals surface area (Å²) in [4.78, 5) is 9.06. The first kappa shape index (κ1) is 10.8. The summed E-state index contributed by atoms with van der Waals surface area (Å²) in [5, 5.41) is 0. The van der Waals surface area contributed by atoms with E-state index in [1.165, 1.54) is 17.5 Å². The molecule has 0 saturated heterocycles. The predicted octanol–water partition coefficient (Wildman–Crippen LogP) is 2.89. The fourth-order valence-electron chi connectivity index (χ4n) is 1.07. The van der Waals surface area contributed by atoms with Crippen molar-refractivity contribution in [3.8, 4) is 10.6 Å². The van der Waals surface area contributed by atoms with Gasteiger partial charge in [0.15, 0.2) is 5.82 Å². The zero-order valence-electron chi connectivity index (χ0n) is 7.37. The zero-order valence-corrected chi connectivity index (χ0v) is 11.4. The smallest absolute Gasteiger partial charge is 0.153 e. The van der Waals surface area contributed by atoms with Crippen LogP contribution in [0.5, 0.6) is 0 Å². The summed E-state index contributed by atoms with van der Waals surface area (Å²) in [6.07, 6.45) is 1.49. The van der Waals surface area contributed by atoms with E-state index < -0.39 is 0 Å². The molecule has 0 aliphatic carbocycles. The van der Waals surface area contributed by atoms with Gasteiger partial charge in [0, 0.05) is 4.47 Å². The van der Waals surface area contributed by atoms with Crippen LogP contribution < -0.4 is 11.5 Å². The fraction of sp³-hybridized carbons (Fsp3) is 0. The quantitative estimate of drug-likeness (QED) is 0.829. The molecule has 0 atom stereocenters. The van der Waals surface area contributed by atoms with Crippen LogP contribution in [0.1, 0.15) is 0 Å². The average molecular weight is 350 g/mol. The third-order valence-corrected chi connectivity index (χ3v) is 4.96. The predicted molar refractivity (Wildman–Crippen MR) is 69.6 cm³/mol. The van der Waals surface area contributed by atoms with E-state index in [-0.39, 0.29) is 0 Å². The molecule has 0 saturated carbocycles. The number of hydrogen-bond donors (Lipinski definition) is 2. The molecule has 2 rings (SSSR count). The van der Waals surface area contributed by atoms with Gasteiger partial charge < -0.3 is 11.5 Å². The Labute approximate surface area is 107 Å². The van der Waals surface area contributed by atoms with Gasteiger partial charge in [0.05, 0.1) is 14.9 Å². The summed E-state index contributed by atoms with van der Waals surface area (Å²) in [7, 11) is 0. The summed E-state index contributed by atoms with van der Waals surface area (Å²) in [6.45, 7) is 0. The van der Waals surface area contributed by atoms with Crippen molar-refractivity contribution in [3.63, 3.8) is 0 Å². The summed E-state index contributed by atoms with van der Waals surface area (Å²) in [5.41, 5.74) is 11.9. The second kappa shape index (κ2) is 4.07. The third-order valence-electron chi connectivity index (χ3n) is 1.70. The molecule has 15 heavy (non-hydrogen) atoms. The largest absolute Gasteiger partial charge is 0.382 e. The van der Waals surface area contributed by atoms with Gasteiger partial charge in [-0.2, -0.15) is 0 Å². The highest BCUT2D eigenvalue weighted by Crippen LogP contribution is 2.38. The Hall–Kier alpha value is -0.660. The normalized spacial score (nSPS) is 10.5. The minimum absolute atomic E-state index is 0.325. The van der Waals surface area contributed by atoms with Crippen LogP contribution in [-0.4, -0.2) is 9.97 Å². The van der Waals surface area contributed by atoms with Gasteiger partial charge in [-0.05, 0) is 37.9 Å². The Morgan fingerprint density at radius 2 is 2.00 bits per heavy atom. The standard InChI is InChI=1S/C8H6Br2N4S/c9-3-1-4(15-7(3)10)6-8(12)14-5(11)2-13-6/h1-2H,(H4,11,12,14). The lowest BCUT2D eigenvalue weighted by Crippen LogP contribution is -1.99. The monoisotopic (exact) mass is 348 g/mol. The van der Waals surface area contributed by atoms with E-state index in [9.17, 15) is 0 Å². The Kier molecular flexibility index (Phi) is 2.94. The Balaban J connectivity index is 2.54. The number of anilines is 2. The molecule has 78 valence electrons. The maximum atomic E-state index is 5.74. The van der Waals surface area contributed by atoms with E-state index >= 15 is 0 Å². The lowest BCUT2D eigenvalue weighted by atomic mass is 10.3. The maximum absolute atomic E-state index is 5.74. The van der Waals surface area contributed by atoms with Crippen molar-refractivity contribution in [2.24, 2.45) is 0 Å². The number of thiophene rings is 1. The number of nitrogens with zero attached hydrogens (tertiary/aromatic N) is 2. The molecule has 7 heteroatoms. The first-order valence-corrected chi connectivity index (χ1v) is 6.31. The van der Waals surface area contributed by atoms with Crippen LogP contribution in [0.25, 0.3) is 10.6 Å². The molecule has 0 amide bonds. The molecule has 0 aliphatic rings. The van der Waals surface area contributed by atoms with E-state index in [0.717, 1.165) is 13.1 Å². The van der Waals surface area contributed by atoms with Gasteiger partial charge in [-0.25, -0.2) is 9.97 Å².